The van der Waals surface area contributed by atoms with Gasteiger partial charge in [-0.1, -0.05) is 0 Å². The van der Waals surface area contributed by atoms with Gasteiger partial charge in [0.1, 0.15) is 17.5 Å². The van der Waals surface area contributed by atoms with Gasteiger partial charge in [-0.05, 0) is 32.6 Å². The number of ether oxygens (including phenoxy) is 1. The molecule has 8 heteroatoms. The number of rotatable bonds is 5. The largest absolute Gasteiger partial charge is 0.381 e. The Kier molecular flexibility index (Phi) is 4.24. The van der Waals surface area contributed by atoms with E-state index in [1.165, 1.54) is 0 Å². The molecule has 3 heterocycles. The maximum atomic E-state index is 9.21. The van der Waals surface area contributed by atoms with E-state index in [2.05, 4.69) is 36.5 Å². The minimum atomic E-state index is 0.373. The Balaban J connectivity index is 1.54. The lowest BCUT2D eigenvalue weighted by molar-refractivity contribution is 0.0657. The Morgan fingerprint density at radius 3 is 2.76 bits per heavy atom. The van der Waals surface area contributed by atoms with Crippen LogP contribution in [0.3, 0.4) is 0 Å². The first-order chi connectivity index (χ1) is 12.2. The van der Waals surface area contributed by atoms with Gasteiger partial charge in [0.05, 0.1) is 29.8 Å². The predicted octanol–water partition coefficient (Wildman–Crippen LogP) is 2.52. The zero-order chi connectivity index (χ0) is 17.2. The van der Waals surface area contributed by atoms with Crippen molar-refractivity contribution in [3.63, 3.8) is 0 Å². The molecule has 0 atom stereocenters. The van der Waals surface area contributed by atoms with E-state index >= 15 is 0 Å². The van der Waals surface area contributed by atoms with Crippen LogP contribution in [0.25, 0.3) is 0 Å². The third-order valence-corrected chi connectivity index (χ3v) is 4.66. The highest BCUT2D eigenvalue weighted by atomic mass is 16.5. The second kappa shape index (κ2) is 6.69. The molecule has 0 bridgehead atoms. The van der Waals surface area contributed by atoms with Gasteiger partial charge in [-0.3, -0.25) is 4.68 Å². The summed E-state index contributed by atoms with van der Waals surface area (Å²) in [5, 5.41) is 20.3. The van der Waals surface area contributed by atoms with Crippen molar-refractivity contribution in [3.8, 4) is 6.07 Å². The Morgan fingerprint density at radius 2 is 2.04 bits per heavy atom. The van der Waals surface area contributed by atoms with E-state index in [1.807, 2.05) is 6.92 Å². The normalized spacial score (nSPS) is 17.9. The molecule has 0 radical (unpaired) electrons. The topological polar surface area (TPSA) is 101 Å². The SMILES string of the molecule is Cc1c(Nc2ncc(C#N)c(NC3CC3)n2)cnn1C1CCOCC1. The lowest BCUT2D eigenvalue weighted by Crippen LogP contribution is -2.21. The third kappa shape index (κ3) is 3.42. The van der Waals surface area contributed by atoms with Crippen LogP contribution in [0.15, 0.2) is 12.4 Å². The van der Waals surface area contributed by atoms with Gasteiger partial charge in [0.2, 0.25) is 5.95 Å². The minimum Gasteiger partial charge on any atom is -0.381 e. The first-order valence-electron chi connectivity index (χ1n) is 8.67. The zero-order valence-corrected chi connectivity index (χ0v) is 14.2. The van der Waals surface area contributed by atoms with Crippen LogP contribution >= 0.6 is 0 Å². The Bertz CT molecular complexity index is 800. The fourth-order valence-corrected chi connectivity index (χ4v) is 3.02. The quantitative estimate of drug-likeness (QED) is 0.863. The summed E-state index contributed by atoms with van der Waals surface area (Å²) in [5.41, 5.74) is 2.40. The van der Waals surface area contributed by atoms with E-state index in [0.29, 0.717) is 29.4 Å². The lowest BCUT2D eigenvalue weighted by Gasteiger charge is -2.23. The molecule has 25 heavy (non-hydrogen) atoms. The van der Waals surface area contributed by atoms with Crippen LogP contribution in [0.4, 0.5) is 17.5 Å². The molecular weight excluding hydrogens is 318 g/mol. The van der Waals surface area contributed by atoms with E-state index in [-0.39, 0.29) is 0 Å². The summed E-state index contributed by atoms with van der Waals surface area (Å²) in [7, 11) is 0. The summed E-state index contributed by atoms with van der Waals surface area (Å²) in [6, 6.07) is 2.93. The van der Waals surface area contributed by atoms with Crippen molar-refractivity contribution in [2.45, 2.75) is 44.7 Å². The molecule has 1 saturated heterocycles. The van der Waals surface area contributed by atoms with Crippen molar-refractivity contribution in [3.05, 3.63) is 23.7 Å². The van der Waals surface area contributed by atoms with E-state index in [4.69, 9.17) is 4.74 Å². The van der Waals surface area contributed by atoms with E-state index in [9.17, 15) is 5.26 Å². The summed E-state index contributed by atoms with van der Waals surface area (Å²) >= 11 is 0. The molecule has 0 unspecified atom stereocenters. The number of nitriles is 1. The maximum absolute atomic E-state index is 9.21. The molecule has 4 rings (SSSR count). The third-order valence-electron chi connectivity index (χ3n) is 4.66. The molecule has 130 valence electrons. The Hall–Kier alpha value is -2.66. The van der Waals surface area contributed by atoms with Gasteiger partial charge >= 0.3 is 0 Å². The van der Waals surface area contributed by atoms with Crippen molar-refractivity contribution in [2.75, 3.05) is 23.8 Å². The molecule has 8 nitrogen and oxygen atoms in total. The maximum Gasteiger partial charge on any atom is 0.229 e. The summed E-state index contributed by atoms with van der Waals surface area (Å²) in [6.45, 7) is 3.60. The number of anilines is 3. The van der Waals surface area contributed by atoms with Crippen LogP contribution in [0.5, 0.6) is 0 Å². The molecule has 2 aromatic heterocycles. The summed E-state index contributed by atoms with van der Waals surface area (Å²) in [4.78, 5) is 8.72. The van der Waals surface area contributed by atoms with Crippen molar-refractivity contribution < 1.29 is 4.74 Å². The van der Waals surface area contributed by atoms with Crippen molar-refractivity contribution in [1.82, 2.24) is 19.7 Å². The van der Waals surface area contributed by atoms with Crippen LogP contribution < -0.4 is 10.6 Å². The zero-order valence-electron chi connectivity index (χ0n) is 14.2. The fraction of sp³-hybridized carbons (Fsp3) is 0.529. The monoisotopic (exact) mass is 339 g/mol. The number of aromatic nitrogens is 4. The molecule has 0 amide bonds. The molecule has 1 saturated carbocycles. The highest BCUT2D eigenvalue weighted by Gasteiger charge is 2.23. The average Bonchev–Trinajstić information content (AvgIpc) is 3.39. The molecule has 0 spiro atoms. The second-order valence-electron chi connectivity index (χ2n) is 6.54. The highest BCUT2D eigenvalue weighted by molar-refractivity contribution is 5.60. The van der Waals surface area contributed by atoms with E-state index < -0.39 is 0 Å². The van der Waals surface area contributed by atoms with E-state index in [0.717, 1.165) is 50.3 Å². The van der Waals surface area contributed by atoms with Crippen molar-refractivity contribution >= 4 is 17.5 Å². The molecule has 2 fully saturated rings. The molecule has 0 aromatic carbocycles. The van der Waals surface area contributed by atoms with Gasteiger partial charge in [0.15, 0.2) is 0 Å². The first-order valence-corrected chi connectivity index (χ1v) is 8.67. The van der Waals surface area contributed by atoms with Gasteiger partial charge in [-0.25, -0.2) is 4.98 Å². The average molecular weight is 339 g/mol. The molecule has 1 aliphatic carbocycles. The Morgan fingerprint density at radius 1 is 1.24 bits per heavy atom. The lowest BCUT2D eigenvalue weighted by atomic mass is 10.1. The smallest absolute Gasteiger partial charge is 0.229 e. The van der Waals surface area contributed by atoms with Crippen LogP contribution in [0, 0.1) is 18.3 Å². The molecule has 2 aliphatic rings. The fourth-order valence-electron chi connectivity index (χ4n) is 3.02. The van der Waals surface area contributed by atoms with Crippen LogP contribution in [-0.2, 0) is 4.74 Å². The Labute approximate surface area is 146 Å². The van der Waals surface area contributed by atoms with Gasteiger partial charge in [0.25, 0.3) is 0 Å². The van der Waals surface area contributed by atoms with Gasteiger partial charge in [0, 0.05) is 19.3 Å². The van der Waals surface area contributed by atoms with E-state index in [1.54, 1.807) is 12.4 Å². The molecule has 2 aromatic rings. The molecule has 1 aliphatic heterocycles. The van der Waals surface area contributed by atoms with Crippen LogP contribution in [0.1, 0.15) is 43.0 Å². The predicted molar refractivity (Wildman–Crippen MR) is 92.7 cm³/mol. The minimum absolute atomic E-state index is 0.373. The van der Waals surface area contributed by atoms with Crippen LogP contribution in [-0.4, -0.2) is 39.0 Å². The van der Waals surface area contributed by atoms with Crippen LogP contribution in [0.2, 0.25) is 0 Å². The molecular formula is C17H21N7O. The standard InChI is InChI=1S/C17H21N7O/c1-11-15(10-20-24(11)14-4-6-25-7-5-14)22-17-19-9-12(8-18)16(23-17)21-13-2-3-13/h9-10,13-14H,2-7H2,1H3,(H2,19,21,22,23). The van der Waals surface area contributed by atoms with Gasteiger partial charge in [-0.2, -0.15) is 15.3 Å². The second-order valence-corrected chi connectivity index (χ2v) is 6.54. The summed E-state index contributed by atoms with van der Waals surface area (Å²) in [6.07, 6.45) is 7.55. The first kappa shape index (κ1) is 15.8. The summed E-state index contributed by atoms with van der Waals surface area (Å²) in [5.74, 6) is 1.06. The summed E-state index contributed by atoms with van der Waals surface area (Å²) < 4.78 is 7.48. The number of nitrogens with zero attached hydrogens (tertiary/aromatic N) is 5. The number of hydrogen-bond donors (Lipinski definition) is 2. The number of nitrogens with one attached hydrogen (secondary N) is 2. The van der Waals surface area contributed by atoms with Gasteiger partial charge in [-0.15, -0.1) is 0 Å². The highest BCUT2D eigenvalue weighted by Crippen LogP contribution is 2.28. The van der Waals surface area contributed by atoms with Gasteiger partial charge < -0.3 is 15.4 Å². The number of hydrogen-bond acceptors (Lipinski definition) is 7. The van der Waals surface area contributed by atoms with Crippen molar-refractivity contribution in [1.29, 1.82) is 5.26 Å². The van der Waals surface area contributed by atoms with Crippen molar-refractivity contribution in [2.24, 2.45) is 0 Å². The molecule has 2 N–H and O–H groups in total.